The molecule has 0 fully saturated rings. The first kappa shape index (κ1) is 13.8. The standard InChI is InChI=1S/C14H8Cl4/c15-11-5-3-9(7-13(11)17)1-2-10-4-6-12(16)14(18)8-10/h1-8H. The van der Waals surface area contributed by atoms with Gasteiger partial charge >= 0.3 is 0 Å². The smallest absolute Gasteiger partial charge is 0.0598 e. The molecule has 0 heterocycles. The third kappa shape index (κ3) is 3.43. The molecule has 0 N–H and O–H groups in total. The second kappa shape index (κ2) is 5.99. The first-order valence-corrected chi connectivity index (χ1v) is 6.65. The van der Waals surface area contributed by atoms with Gasteiger partial charge in [0, 0.05) is 0 Å². The topological polar surface area (TPSA) is 0 Å². The van der Waals surface area contributed by atoms with Gasteiger partial charge in [-0.05, 0) is 35.4 Å². The van der Waals surface area contributed by atoms with Gasteiger partial charge in [-0.3, -0.25) is 0 Å². The summed E-state index contributed by atoms with van der Waals surface area (Å²) < 4.78 is 0. The van der Waals surface area contributed by atoms with Crippen molar-refractivity contribution in [2.24, 2.45) is 0 Å². The first-order chi connectivity index (χ1) is 8.56. The molecule has 0 aromatic heterocycles. The molecule has 0 spiro atoms. The molecule has 0 bridgehead atoms. The lowest BCUT2D eigenvalue weighted by Crippen LogP contribution is -1.76. The number of hydrogen-bond donors (Lipinski definition) is 0. The predicted molar refractivity (Wildman–Crippen MR) is 81.9 cm³/mol. The van der Waals surface area contributed by atoms with Crippen molar-refractivity contribution in [2.45, 2.75) is 0 Å². The molecule has 0 atom stereocenters. The minimum absolute atomic E-state index is 0.535. The average molecular weight is 318 g/mol. The number of benzene rings is 2. The molecule has 18 heavy (non-hydrogen) atoms. The minimum atomic E-state index is 0.535. The molecule has 0 saturated carbocycles. The van der Waals surface area contributed by atoms with Crippen LogP contribution in [0.15, 0.2) is 36.4 Å². The maximum absolute atomic E-state index is 5.94. The van der Waals surface area contributed by atoms with Gasteiger partial charge in [0.25, 0.3) is 0 Å². The van der Waals surface area contributed by atoms with Crippen molar-refractivity contribution in [3.8, 4) is 0 Å². The van der Waals surface area contributed by atoms with Crippen molar-refractivity contribution in [2.75, 3.05) is 0 Å². The van der Waals surface area contributed by atoms with Gasteiger partial charge in [0.05, 0.1) is 20.1 Å². The Morgan fingerprint density at radius 2 is 0.944 bits per heavy atom. The van der Waals surface area contributed by atoms with Gasteiger partial charge in [-0.25, -0.2) is 0 Å². The van der Waals surface area contributed by atoms with Crippen LogP contribution in [-0.2, 0) is 0 Å². The van der Waals surface area contributed by atoms with E-state index in [0.29, 0.717) is 20.1 Å². The molecule has 2 aromatic rings. The predicted octanol–water partition coefficient (Wildman–Crippen LogP) is 6.47. The summed E-state index contributed by atoms with van der Waals surface area (Å²) in [6.07, 6.45) is 3.86. The SMILES string of the molecule is Clc1ccc(C=Cc2ccc(Cl)c(Cl)c2)cc1Cl. The van der Waals surface area contributed by atoms with Crippen LogP contribution in [0.4, 0.5) is 0 Å². The van der Waals surface area contributed by atoms with Gasteiger partial charge < -0.3 is 0 Å². The van der Waals surface area contributed by atoms with Crippen LogP contribution < -0.4 is 0 Å². The fourth-order valence-corrected chi connectivity index (χ4v) is 2.04. The summed E-state index contributed by atoms with van der Waals surface area (Å²) in [5, 5.41) is 2.16. The van der Waals surface area contributed by atoms with Gasteiger partial charge in [0.1, 0.15) is 0 Å². The summed E-state index contributed by atoms with van der Waals surface area (Å²) >= 11 is 23.6. The lowest BCUT2D eigenvalue weighted by Gasteiger charge is -1.99. The molecule has 0 radical (unpaired) electrons. The van der Waals surface area contributed by atoms with Crippen LogP contribution in [0.25, 0.3) is 12.2 Å². The first-order valence-electron chi connectivity index (χ1n) is 5.14. The third-order valence-corrected chi connectivity index (χ3v) is 3.83. The maximum Gasteiger partial charge on any atom is 0.0598 e. The van der Waals surface area contributed by atoms with E-state index in [2.05, 4.69) is 0 Å². The molecule has 0 aliphatic rings. The van der Waals surface area contributed by atoms with E-state index in [1.165, 1.54) is 0 Å². The Morgan fingerprint density at radius 1 is 0.556 bits per heavy atom. The molecule has 0 aliphatic heterocycles. The lowest BCUT2D eigenvalue weighted by atomic mass is 10.1. The quantitative estimate of drug-likeness (QED) is 0.557. The zero-order valence-corrected chi connectivity index (χ0v) is 12.2. The van der Waals surface area contributed by atoms with E-state index in [0.717, 1.165) is 11.1 Å². The van der Waals surface area contributed by atoms with Gasteiger partial charge in [0.2, 0.25) is 0 Å². The fraction of sp³-hybridized carbons (Fsp3) is 0. The summed E-state index contributed by atoms with van der Waals surface area (Å²) in [4.78, 5) is 0. The lowest BCUT2D eigenvalue weighted by molar-refractivity contribution is 1.64. The van der Waals surface area contributed by atoms with Gasteiger partial charge in [0.15, 0.2) is 0 Å². The van der Waals surface area contributed by atoms with Crippen LogP contribution in [0, 0.1) is 0 Å². The van der Waals surface area contributed by atoms with E-state index >= 15 is 0 Å². The van der Waals surface area contributed by atoms with Gasteiger partial charge in [-0.1, -0.05) is 70.7 Å². The fourth-order valence-electron chi connectivity index (χ4n) is 1.42. The highest BCUT2D eigenvalue weighted by Crippen LogP contribution is 2.25. The zero-order valence-electron chi connectivity index (χ0n) is 9.13. The van der Waals surface area contributed by atoms with Crippen LogP contribution in [0.2, 0.25) is 20.1 Å². The van der Waals surface area contributed by atoms with Crippen LogP contribution in [0.1, 0.15) is 11.1 Å². The second-order valence-corrected chi connectivity index (χ2v) is 5.31. The number of halogens is 4. The summed E-state index contributed by atoms with van der Waals surface area (Å²) in [5.74, 6) is 0. The average Bonchev–Trinajstić information content (AvgIpc) is 2.35. The molecule has 0 aliphatic carbocycles. The Bertz CT molecular complexity index is 549. The normalized spacial score (nSPS) is 11.1. The third-order valence-electron chi connectivity index (χ3n) is 2.36. The van der Waals surface area contributed by atoms with Crippen LogP contribution in [0.3, 0.4) is 0 Å². The van der Waals surface area contributed by atoms with Crippen molar-refractivity contribution in [3.05, 3.63) is 67.6 Å². The Balaban J connectivity index is 2.24. The van der Waals surface area contributed by atoms with Crippen molar-refractivity contribution in [3.63, 3.8) is 0 Å². The van der Waals surface area contributed by atoms with E-state index in [1.54, 1.807) is 24.3 Å². The van der Waals surface area contributed by atoms with E-state index in [4.69, 9.17) is 46.4 Å². The summed E-state index contributed by atoms with van der Waals surface area (Å²) in [6, 6.07) is 10.9. The van der Waals surface area contributed by atoms with Crippen molar-refractivity contribution in [1.29, 1.82) is 0 Å². The summed E-state index contributed by atoms with van der Waals surface area (Å²) in [7, 11) is 0. The molecule has 0 amide bonds. The van der Waals surface area contributed by atoms with Crippen molar-refractivity contribution < 1.29 is 0 Å². The highest BCUT2D eigenvalue weighted by atomic mass is 35.5. The van der Waals surface area contributed by atoms with E-state index in [9.17, 15) is 0 Å². The van der Waals surface area contributed by atoms with E-state index in [-0.39, 0.29) is 0 Å². The number of hydrogen-bond acceptors (Lipinski definition) is 0. The highest BCUT2D eigenvalue weighted by Gasteiger charge is 1.98. The van der Waals surface area contributed by atoms with Crippen LogP contribution in [-0.4, -0.2) is 0 Å². The molecule has 4 heteroatoms. The van der Waals surface area contributed by atoms with Crippen molar-refractivity contribution in [1.82, 2.24) is 0 Å². The highest BCUT2D eigenvalue weighted by molar-refractivity contribution is 6.42. The molecule has 2 aromatic carbocycles. The number of rotatable bonds is 2. The molecule has 0 unspecified atom stereocenters. The zero-order chi connectivity index (χ0) is 13.1. The van der Waals surface area contributed by atoms with Crippen LogP contribution >= 0.6 is 46.4 Å². The minimum Gasteiger partial charge on any atom is -0.0827 e. The molecule has 0 saturated heterocycles. The molecular weight excluding hydrogens is 310 g/mol. The van der Waals surface area contributed by atoms with Crippen molar-refractivity contribution >= 4 is 58.6 Å². The van der Waals surface area contributed by atoms with Gasteiger partial charge in [-0.15, -0.1) is 0 Å². The molecule has 2 rings (SSSR count). The Hall–Kier alpha value is -0.660. The molecular formula is C14H8Cl4. The summed E-state index contributed by atoms with van der Waals surface area (Å²) in [5.41, 5.74) is 1.94. The van der Waals surface area contributed by atoms with Gasteiger partial charge in [-0.2, -0.15) is 0 Å². The van der Waals surface area contributed by atoms with E-state index in [1.807, 2.05) is 24.3 Å². The Labute approximate surface area is 126 Å². The Kier molecular flexibility index (Phi) is 4.58. The Morgan fingerprint density at radius 3 is 1.28 bits per heavy atom. The molecule has 0 nitrogen and oxygen atoms in total. The second-order valence-electron chi connectivity index (χ2n) is 3.68. The summed E-state index contributed by atoms with van der Waals surface area (Å²) in [6.45, 7) is 0. The maximum atomic E-state index is 5.94. The van der Waals surface area contributed by atoms with E-state index < -0.39 is 0 Å². The largest absolute Gasteiger partial charge is 0.0827 e. The van der Waals surface area contributed by atoms with Crippen LogP contribution in [0.5, 0.6) is 0 Å². The molecule has 92 valence electrons. The monoisotopic (exact) mass is 316 g/mol.